The van der Waals surface area contributed by atoms with Crippen molar-refractivity contribution in [1.29, 1.82) is 0 Å². The van der Waals surface area contributed by atoms with E-state index in [0.29, 0.717) is 60.9 Å². The van der Waals surface area contributed by atoms with Gasteiger partial charge in [-0.2, -0.15) is 13.2 Å². The monoisotopic (exact) mass is 1290 g/mol. The Bertz CT molecular complexity index is 2520. The van der Waals surface area contributed by atoms with E-state index in [0.717, 1.165) is 121 Å². The lowest BCUT2D eigenvalue weighted by Crippen LogP contribution is -2.76. The summed E-state index contributed by atoms with van der Waals surface area (Å²) in [5.74, 6) is 2.69. The van der Waals surface area contributed by atoms with Crippen molar-refractivity contribution in [3.63, 3.8) is 0 Å². The fraction of sp³-hybridized carbons (Fsp3) is 0.784. The molecule has 1 aromatic carbocycles. The molecule has 17 heteroatoms. The number of amides is 1. The summed E-state index contributed by atoms with van der Waals surface area (Å²) in [6, 6.07) is 5.93. The van der Waals surface area contributed by atoms with Crippen LogP contribution in [0.5, 0.6) is 0 Å². The van der Waals surface area contributed by atoms with Crippen LogP contribution in [0.15, 0.2) is 71.7 Å². The van der Waals surface area contributed by atoms with E-state index in [9.17, 15) is 18.0 Å². The lowest BCUT2D eigenvalue weighted by Gasteiger charge is -2.60. The van der Waals surface area contributed by atoms with Gasteiger partial charge in [0, 0.05) is 168 Å². The molecule has 0 bridgehead atoms. The number of hydrogen-bond donors (Lipinski definition) is 6. The van der Waals surface area contributed by atoms with Gasteiger partial charge in [0.05, 0.1) is 16.5 Å². The Hall–Kier alpha value is -3.64. The third-order valence-electron chi connectivity index (χ3n) is 21.7. The average molecular weight is 1290 g/mol. The van der Waals surface area contributed by atoms with Crippen molar-refractivity contribution in [2.24, 2.45) is 40.5 Å². The highest BCUT2D eigenvalue weighted by Crippen LogP contribution is 2.41. The second-order valence-corrected chi connectivity index (χ2v) is 30.5. The Kier molecular flexibility index (Phi) is 29.5. The van der Waals surface area contributed by atoms with E-state index < -0.39 is 11.7 Å². The molecule has 6 N–H and O–H groups in total. The van der Waals surface area contributed by atoms with Gasteiger partial charge in [-0.15, -0.1) is 0 Å². The standard InChI is InChI=1S/C74H126ClF3N12O/c1-15-54(8)67-46-83-66(43-51(2)3)55(9)82-47-68-69(72(91)88-39-22-17-23-40-88)58(12)90(68)71(53(6)7)57(11)85-73(33-20-21-34-73)50-80-37-36-79-35-32-61(30-28-60-29-31-64(65(75)45-60)74(76,77)78)81-38-42-86(13)48-63(44-59-25-18-16-19-26-59)87(14)49-62-27-24-41-89(62)70(52(4)5)56(10)84-67/h29,31-32,35,38,42,45,48-49,51-59,66-71,79-80,82-85H,15-28,30,33-34,36-37,39-41,43-44,46-47,50H2,1-14H3/t54-,55?,56?,57?,58?,66-,67+,68?,69-,70-,71-/m0/s1. The Morgan fingerprint density at radius 1 is 0.802 bits per heavy atom. The highest BCUT2D eigenvalue weighted by Gasteiger charge is 2.55. The zero-order valence-corrected chi connectivity index (χ0v) is 59.8. The molecule has 91 heavy (non-hydrogen) atoms. The number of fused-ring (bicyclic) bond motifs is 2. The highest BCUT2D eigenvalue weighted by atomic mass is 35.5. The summed E-state index contributed by atoms with van der Waals surface area (Å²) in [7, 11) is 4.32. The third kappa shape index (κ3) is 21.4. The van der Waals surface area contributed by atoms with Crippen molar-refractivity contribution in [3.8, 4) is 0 Å². The van der Waals surface area contributed by atoms with Crippen LogP contribution in [-0.2, 0) is 17.4 Å². The molecule has 6 aliphatic rings. The van der Waals surface area contributed by atoms with Crippen LogP contribution in [0.25, 0.3) is 0 Å². The SMILES string of the molecule is CC[C@H](C)[C@H]1CN[C@@H](CC(C)C)C(C)NCC2[C@@H](C(=O)N3CCCCC3)C(C)N2[C@@H](C(C)C)C(C)NC2(CCCC2)CNCCNC=CC(CCc2ccc(C(F)(F)F)c(Cl)c2)=NC=CN(C)C=C(CC2CCCCC2)N(C)C=C2CCCN2[C@@H](C(C)C)C(C)N1. The molecule has 13 nitrogen and oxygen atoms in total. The van der Waals surface area contributed by atoms with Crippen molar-refractivity contribution < 1.29 is 18.0 Å². The van der Waals surface area contributed by atoms with Gasteiger partial charge in [-0.25, -0.2) is 0 Å². The minimum atomic E-state index is -4.52. The zero-order chi connectivity index (χ0) is 66.0. The Labute approximate surface area is 555 Å². The van der Waals surface area contributed by atoms with Gasteiger partial charge in [-0.05, 0) is 158 Å². The normalized spacial score (nSPS) is 29.7. The summed E-state index contributed by atoms with van der Waals surface area (Å²) in [5, 5.41) is 24.1. The van der Waals surface area contributed by atoms with E-state index >= 15 is 0 Å². The molecule has 7 rings (SSSR count). The van der Waals surface area contributed by atoms with E-state index in [1.54, 1.807) is 0 Å². The van der Waals surface area contributed by atoms with Gasteiger partial charge in [-0.1, -0.05) is 124 Å². The minimum Gasteiger partial charge on any atom is -0.390 e. The molecule has 5 unspecified atom stereocenters. The number of benzene rings is 1. The lowest BCUT2D eigenvalue weighted by molar-refractivity contribution is -0.162. The first kappa shape index (κ1) is 74.8. The van der Waals surface area contributed by atoms with Gasteiger partial charge in [0.25, 0.3) is 0 Å². The van der Waals surface area contributed by atoms with E-state index in [-0.39, 0.29) is 64.8 Å². The van der Waals surface area contributed by atoms with E-state index in [4.69, 9.17) is 16.6 Å². The number of hydrogen-bond acceptors (Lipinski definition) is 12. The molecule has 11 atom stereocenters. The first-order valence-corrected chi connectivity index (χ1v) is 36.7. The number of nitrogens with zero attached hydrogens (tertiary/aromatic N) is 6. The highest BCUT2D eigenvalue weighted by molar-refractivity contribution is 6.31. The summed E-state index contributed by atoms with van der Waals surface area (Å²) in [5.41, 5.74) is 3.34. The van der Waals surface area contributed by atoms with Crippen LogP contribution in [0, 0.1) is 35.5 Å². The number of rotatable bonds is 12. The summed E-state index contributed by atoms with van der Waals surface area (Å²) in [6.45, 7) is 35.4. The van der Waals surface area contributed by atoms with Crippen molar-refractivity contribution in [1.82, 2.24) is 56.4 Å². The van der Waals surface area contributed by atoms with E-state index in [1.165, 1.54) is 74.9 Å². The smallest absolute Gasteiger partial charge is 0.390 e. The van der Waals surface area contributed by atoms with Crippen LogP contribution in [-0.4, -0.2) is 162 Å². The van der Waals surface area contributed by atoms with E-state index in [2.05, 4.69) is 166 Å². The van der Waals surface area contributed by atoms with Crippen LogP contribution < -0.4 is 31.9 Å². The number of piperidine rings is 1. The van der Waals surface area contributed by atoms with Gasteiger partial charge in [-0.3, -0.25) is 14.7 Å². The summed E-state index contributed by atoms with van der Waals surface area (Å²) >= 11 is 6.21. The quantitative estimate of drug-likeness (QED) is 0.120. The maximum Gasteiger partial charge on any atom is 0.417 e. The predicted molar refractivity (Wildman–Crippen MR) is 375 cm³/mol. The molecule has 3 saturated heterocycles. The molecular formula is C74H126ClF3N12O. The second kappa shape index (κ2) is 35.9. The van der Waals surface area contributed by atoms with Gasteiger partial charge in [0.2, 0.25) is 5.91 Å². The van der Waals surface area contributed by atoms with E-state index in [1.807, 2.05) is 24.7 Å². The summed E-state index contributed by atoms with van der Waals surface area (Å²) in [6.07, 6.45) is 28.7. The van der Waals surface area contributed by atoms with Crippen LogP contribution in [0.4, 0.5) is 13.2 Å². The minimum absolute atomic E-state index is 0.0421. The number of aryl methyl sites for hydroxylation is 1. The molecule has 1 aromatic rings. The fourth-order valence-corrected chi connectivity index (χ4v) is 17.0. The van der Waals surface area contributed by atoms with Gasteiger partial charge in [0.1, 0.15) is 0 Å². The second-order valence-electron chi connectivity index (χ2n) is 30.1. The largest absolute Gasteiger partial charge is 0.417 e. The fourth-order valence-electron chi connectivity index (χ4n) is 16.7. The van der Waals surface area contributed by atoms with Crippen LogP contribution in [0.2, 0.25) is 5.02 Å². The number of likely N-dealkylation sites (tertiary alicyclic amines) is 1. The van der Waals surface area contributed by atoms with Crippen molar-refractivity contribution in [3.05, 3.63) is 82.8 Å². The molecule has 0 radical (unpaired) electrons. The molecular weight excluding hydrogens is 1170 g/mol. The van der Waals surface area contributed by atoms with Crippen LogP contribution >= 0.6 is 11.6 Å². The van der Waals surface area contributed by atoms with Crippen molar-refractivity contribution in [2.75, 3.05) is 66.5 Å². The molecule has 1 amide bonds. The Morgan fingerprint density at radius 2 is 1.51 bits per heavy atom. The predicted octanol–water partition coefficient (Wildman–Crippen LogP) is 13.9. The molecule has 4 heterocycles. The number of carbonyl (C=O) groups excluding carboxylic acids is 1. The van der Waals surface area contributed by atoms with Gasteiger partial charge >= 0.3 is 6.18 Å². The van der Waals surface area contributed by atoms with Crippen molar-refractivity contribution in [2.45, 2.75) is 271 Å². The molecule has 516 valence electrons. The average Bonchev–Trinajstić information content (AvgIpc) is 1.10. The topological polar surface area (TPSA) is 118 Å². The molecule has 5 fully saturated rings. The van der Waals surface area contributed by atoms with Crippen LogP contribution in [0.3, 0.4) is 0 Å². The first-order chi connectivity index (χ1) is 43.4. The molecule has 4 aliphatic heterocycles. The van der Waals surface area contributed by atoms with Crippen molar-refractivity contribution >= 4 is 23.2 Å². The molecule has 0 aromatic heterocycles. The zero-order valence-electron chi connectivity index (χ0n) is 59.1. The van der Waals surface area contributed by atoms with Gasteiger partial charge in [0.15, 0.2) is 0 Å². The Morgan fingerprint density at radius 3 is 2.16 bits per heavy atom. The lowest BCUT2D eigenvalue weighted by atomic mass is 9.74. The number of carbonyl (C=O) groups is 1. The maximum absolute atomic E-state index is 14.8. The third-order valence-corrected chi connectivity index (χ3v) is 22.1. The molecule has 2 saturated carbocycles. The first-order valence-electron chi connectivity index (χ1n) is 36.3. The number of halogens is 4. The molecule has 1 spiro atoms. The number of alkyl halides is 3. The number of nitrogens with one attached hydrogen (secondary N) is 6. The Balaban J connectivity index is 1.21. The number of allylic oxidation sites excluding steroid dienone is 3. The summed E-state index contributed by atoms with van der Waals surface area (Å²) in [4.78, 5) is 32.1. The van der Waals surface area contributed by atoms with Gasteiger partial charge < -0.3 is 51.5 Å². The van der Waals surface area contributed by atoms with Crippen LogP contribution in [0.1, 0.15) is 210 Å². The summed E-state index contributed by atoms with van der Waals surface area (Å²) < 4.78 is 41.1. The maximum atomic E-state index is 14.8. The number of aliphatic imine (C=N–C) groups is 1. The molecule has 2 aliphatic carbocycles.